The van der Waals surface area contributed by atoms with Crippen molar-refractivity contribution in [3.63, 3.8) is 0 Å². The molecular weight excluding hydrogens is 162 g/mol. The van der Waals surface area contributed by atoms with Gasteiger partial charge in [0.25, 0.3) is 0 Å². The van der Waals surface area contributed by atoms with Gasteiger partial charge in [0.2, 0.25) is 5.88 Å². The molecule has 70 valence electrons. The Morgan fingerprint density at radius 1 is 1.54 bits per heavy atom. The molecular formula is C11H15NO. The molecule has 0 saturated carbocycles. The summed E-state index contributed by atoms with van der Waals surface area (Å²) in [7, 11) is 1.64. The van der Waals surface area contributed by atoms with Crippen LogP contribution in [0.5, 0.6) is 5.88 Å². The zero-order valence-corrected chi connectivity index (χ0v) is 8.21. The van der Waals surface area contributed by atoms with Gasteiger partial charge in [-0.05, 0) is 31.4 Å². The van der Waals surface area contributed by atoms with Crippen LogP contribution in [0.3, 0.4) is 0 Å². The third-order valence-electron chi connectivity index (χ3n) is 1.84. The highest BCUT2D eigenvalue weighted by atomic mass is 16.5. The van der Waals surface area contributed by atoms with E-state index in [4.69, 9.17) is 4.74 Å². The largest absolute Gasteiger partial charge is 0.481 e. The summed E-state index contributed by atoms with van der Waals surface area (Å²) in [6.45, 7) is 5.67. The molecule has 0 aliphatic carbocycles. The molecule has 0 atom stereocenters. The molecule has 13 heavy (non-hydrogen) atoms. The Morgan fingerprint density at radius 3 is 2.92 bits per heavy atom. The van der Waals surface area contributed by atoms with Crippen LogP contribution in [0.2, 0.25) is 0 Å². The predicted octanol–water partition coefficient (Wildman–Crippen LogP) is 2.52. The SMILES string of the molecule is C=CCCc1cc(C)nc(OC)c1. The van der Waals surface area contributed by atoms with Crippen molar-refractivity contribution in [2.75, 3.05) is 7.11 Å². The Kier molecular flexibility index (Phi) is 3.50. The molecule has 0 amide bonds. The third kappa shape index (κ3) is 2.90. The van der Waals surface area contributed by atoms with Crippen molar-refractivity contribution in [3.05, 3.63) is 36.0 Å². The Balaban J connectivity index is 2.81. The summed E-state index contributed by atoms with van der Waals surface area (Å²) in [5.74, 6) is 0.694. The first kappa shape index (κ1) is 9.78. The standard InChI is InChI=1S/C11H15NO/c1-4-5-6-10-7-9(2)12-11(8-10)13-3/h4,7-8H,1,5-6H2,2-3H3. The number of aromatic nitrogens is 1. The highest BCUT2D eigenvalue weighted by Gasteiger charge is 1.98. The lowest BCUT2D eigenvalue weighted by atomic mass is 10.1. The molecule has 0 saturated heterocycles. The Labute approximate surface area is 79.3 Å². The highest BCUT2D eigenvalue weighted by Crippen LogP contribution is 2.13. The molecule has 1 rings (SSSR count). The summed E-state index contributed by atoms with van der Waals surface area (Å²) in [6.07, 6.45) is 3.91. The molecule has 0 aliphatic heterocycles. The van der Waals surface area contributed by atoms with Crippen LogP contribution in [0.1, 0.15) is 17.7 Å². The predicted molar refractivity (Wildman–Crippen MR) is 54.0 cm³/mol. The zero-order valence-electron chi connectivity index (χ0n) is 8.21. The van der Waals surface area contributed by atoms with E-state index in [1.807, 2.05) is 19.1 Å². The molecule has 0 unspecified atom stereocenters. The zero-order chi connectivity index (χ0) is 9.68. The second kappa shape index (κ2) is 4.65. The van der Waals surface area contributed by atoms with E-state index in [9.17, 15) is 0 Å². The quantitative estimate of drug-likeness (QED) is 0.659. The van der Waals surface area contributed by atoms with Crippen LogP contribution < -0.4 is 4.74 Å². The first-order chi connectivity index (χ1) is 6.26. The van der Waals surface area contributed by atoms with E-state index in [-0.39, 0.29) is 0 Å². The van der Waals surface area contributed by atoms with Gasteiger partial charge in [-0.25, -0.2) is 4.98 Å². The van der Waals surface area contributed by atoms with E-state index in [2.05, 4.69) is 17.6 Å². The molecule has 0 spiro atoms. The van der Waals surface area contributed by atoms with E-state index < -0.39 is 0 Å². The normalized spacial score (nSPS) is 9.69. The van der Waals surface area contributed by atoms with Crippen LogP contribution in [0.15, 0.2) is 24.8 Å². The fourth-order valence-electron chi connectivity index (χ4n) is 1.22. The summed E-state index contributed by atoms with van der Waals surface area (Å²) < 4.78 is 5.08. The number of ether oxygens (including phenoxy) is 1. The van der Waals surface area contributed by atoms with Crippen molar-refractivity contribution in [2.24, 2.45) is 0 Å². The van der Waals surface area contributed by atoms with Crippen molar-refractivity contribution in [2.45, 2.75) is 19.8 Å². The molecule has 0 bridgehead atoms. The van der Waals surface area contributed by atoms with Gasteiger partial charge in [-0.15, -0.1) is 6.58 Å². The molecule has 2 heteroatoms. The number of allylic oxidation sites excluding steroid dienone is 1. The summed E-state index contributed by atoms with van der Waals surface area (Å²) in [4.78, 5) is 4.21. The van der Waals surface area contributed by atoms with Gasteiger partial charge >= 0.3 is 0 Å². The van der Waals surface area contributed by atoms with E-state index in [0.29, 0.717) is 5.88 Å². The monoisotopic (exact) mass is 177 g/mol. The molecule has 0 aromatic carbocycles. The van der Waals surface area contributed by atoms with Gasteiger partial charge in [-0.2, -0.15) is 0 Å². The second-order valence-electron chi connectivity index (χ2n) is 2.99. The lowest BCUT2D eigenvalue weighted by molar-refractivity contribution is 0.396. The summed E-state index contributed by atoms with van der Waals surface area (Å²) >= 11 is 0. The number of hydrogen-bond donors (Lipinski definition) is 0. The number of hydrogen-bond acceptors (Lipinski definition) is 2. The maximum atomic E-state index is 5.08. The third-order valence-corrected chi connectivity index (χ3v) is 1.84. The molecule has 2 nitrogen and oxygen atoms in total. The first-order valence-electron chi connectivity index (χ1n) is 4.38. The van der Waals surface area contributed by atoms with Gasteiger partial charge in [-0.3, -0.25) is 0 Å². The van der Waals surface area contributed by atoms with Gasteiger partial charge in [-0.1, -0.05) is 6.08 Å². The van der Waals surface area contributed by atoms with E-state index in [0.717, 1.165) is 18.5 Å². The maximum absolute atomic E-state index is 5.08. The minimum Gasteiger partial charge on any atom is -0.481 e. The average molecular weight is 177 g/mol. The second-order valence-corrected chi connectivity index (χ2v) is 2.99. The van der Waals surface area contributed by atoms with E-state index in [1.54, 1.807) is 7.11 Å². The van der Waals surface area contributed by atoms with Crippen LogP contribution in [0, 0.1) is 6.92 Å². The van der Waals surface area contributed by atoms with E-state index in [1.165, 1.54) is 5.56 Å². The Morgan fingerprint density at radius 2 is 2.31 bits per heavy atom. The number of rotatable bonds is 4. The minimum absolute atomic E-state index is 0.694. The lowest BCUT2D eigenvalue weighted by Crippen LogP contribution is -1.93. The Hall–Kier alpha value is -1.31. The topological polar surface area (TPSA) is 22.1 Å². The average Bonchev–Trinajstić information content (AvgIpc) is 2.14. The van der Waals surface area contributed by atoms with Crippen LogP contribution in [-0.2, 0) is 6.42 Å². The van der Waals surface area contributed by atoms with Crippen molar-refractivity contribution in [3.8, 4) is 5.88 Å². The maximum Gasteiger partial charge on any atom is 0.213 e. The highest BCUT2D eigenvalue weighted by molar-refractivity contribution is 5.24. The molecule has 1 aromatic rings. The van der Waals surface area contributed by atoms with Crippen molar-refractivity contribution >= 4 is 0 Å². The molecule has 0 aliphatic rings. The molecule has 0 fully saturated rings. The van der Waals surface area contributed by atoms with Gasteiger partial charge in [0.1, 0.15) is 0 Å². The molecule has 1 aromatic heterocycles. The number of aryl methyl sites for hydroxylation is 2. The van der Waals surface area contributed by atoms with Crippen LogP contribution in [0.25, 0.3) is 0 Å². The van der Waals surface area contributed by atoms with Crippen LogP contribution in [-0.4, -0.2) is 12.1 Å². The van der Waals surface area contributed by atoms with Gasteiger partial charge in [0.15, 0.2) is 0 Å². The van der Waals surface area contributed by atoms with Crippen LogP contribution >= 0.6 is 0 Å². The summed E-state index contributed by atoms with van der Waals surface area (Å²) in [5, 5.41) is 0. The van der Waals surface area contributed by atoms with Gasteiger partial charge in [0, 0.05) is 11.8 Å². The van der Waals surface area contributed by atoms with Crippen molar-refractivity contribution in [1.82, 2.24) is 4.98 Å². The fraction of sp³-hybridized carbons (Fsp3) is 0.364. The first-order valence-corrected chi connectivity index (χ1v) is 4.38. The molecule has 0 radical (unpaired) electrons. The summed E-state index contributed by atoms with van der Waals surface area (Å²) in [6, 6.07) is 4.04. The smallest absolute Gasteiger partial charge is 0.213 e. The fourth-order valence-corrected chi connectivity index (χ4v) is 1.22. The van der Waals surface area contributed by atoms with Crippen molar-refractivity contribution < 1.29 is 4.74 Å². The van der Waals surface area contributed by atoms with Gasteiger partial charge < -0.3 is 4.74 Å². The molecule has 1 heterocycles. The van der Waals surface area contributed by atoms with Gasteiger partial charge in [0.05, 0.1) is 7.11 Å². The van der Waals surface area contributed by atoms with E-state index >= 15 is 0 Å². The lowest BCUT2D eigenvalue weighted by Gasteiger charge is -2.04. The number of methoxy groups -OCH3 is 1. The van der Waals surface area contributed by atoms with Crippen molar-refractivity contribution in [1.29, 1.82) is 0 Å². The number of pyridine rings is 1. The summed E-state index contributed by atoms with van der Waals surface area (Å²) in [5.41, 5.74) is 2.25. The van der Waals surface area contributed by atoms with Crippen LogP contribution in [0.4, 0.5) is 0 Å². The molecule has 0 N–H and O–H groups in total. The minimum atomic E-state index is 0.694. The Bertz CT molecular complexity index is 294. The number of nitrogens with zero attached hydrogens (tertiary/aromatic N) is 1.